The molecule has 0 amide bonds. The van der Waals surface area contributed by atoms with Crippen molar-refractivity contribution in [1.82, 2.24) is 0 Å². The number of rotatable bonds is 5. The molecule has 0 saturated heterocycles. The van der Waals surface area contributed by atoms with Gasteiger partial charge in [-0.3, -0.25) is 4.21 Å². The molecule has 0 aromatic heterocycles. The molecule has 2 aromatic carbocycles. The second-order valence-corrected chi connectivity index (χ2v) is 6.28. The molecule has 0 aliphatic rings. The van der Waals surface area contributed by atoms with Crippen LogP contribution in [-0.4, -0.2) is 16.6 Å². The lowest BCUT2D eigenvalue weighted by Crippen LogP contribution is -2.09. The molecular formula is C16H19NO2S. The Morgan fingerprint density at radius 2 is 1.80 bits per heavy atom. The maximum atomic E-state index is 12.3. The van der Waals surface area contributed by atoms with Crippen LogP contribution in [0.1, 0.15) is 11.1 Å². The third-order valence-corrected chi connectivity index (χ3v) is 4.47. The van der Waals surface area contributed by atoms with Gasteiger partial charge in [-0.15, -0.1) is 0 Å². The molecule has 106 valence electrons. The van der Waals surface area contributed by atoms with Crippen molar-refractivity contribution < 1.29 is 8.95 Å². The molecule has 4 heteroatoms. The van der Waals surface area contributed by atoms with Gasteiger partial charge in [0.15, 0.2) is 0 Å². The van der Waals surface area contributed by atoms with E-state index in [0.717, 1.165) is 21.8 Å². The van der Waals surface area contributed by atoms with E-state index < -0.39 is 10.8 Å². The number of benzene rings is 2. The summed E-state index contributed by atoms with van der Waals surface area (Å²) in [7, 11) is -1.03. The fourth-order valence-corrected chi connectivity index (χ4v) is 3.06. The standard InChI is InChI=1S/C16H19NO2S/c1-12-3-4-13(2)16(11-12)20(18)10-9-19-15-7-5-14(17)6-8-15/h3-8,11H,9-10,17H2,1-2H3. The molecule has 3 nitrogen and oxygen atoms in total. The molecule has 0 saturated carbocycles. The van der Waals surface area contributed by atoms with Crippen molar-refractivity contribution in [2.75, 3.05) is 18.1 Å². The largest absolute Gasteiger partial charge is 0.493 e. The van der Waals surface area contributed by atoms with Crippen LogP contribution in [0.5, 0.6) is 5.75 Å². The minimum Gasteiger partial charge on any atom is -0.493 e. The van der Waals surface area contributed by atoms with Crippen LogP contribution in [0.4, 0.5) is 5.69 Å². The molecular weight excluding hydrogens is 270 g/mol. The summed E-state index contributed by atoms with van der Waals surface area (Å²) in [6.45, 7) is 4.41. The summed E-state index contributed by atoms with van der Waals surface area (Å²) in [5.74, 6) is 1.23. The Hall–Kier alpha value is -1.81. The first-order valence-corrected chi connectivity index (χ1v) is 7.82. The van der Waals surface area contributed by atoms with Crippen LogP contribution in [0.3, 0.4) is 0 Å². The molecule has 1 unspecified atom stereocenters. The van der Waals surface area contributed by atoms with Crippen LogP contribution < -0.4 is 10.5 Å². The van der Waals surface area contributed by atoms with E-state index in [1.54, 1.807) is 12.1 Å². The minimum atomic E-state index is -1.03. The molecule has 2 N–H and O–H groups in total. The van der Waals surface area contributed by atoms with Gasteiger partial charge >= 0.3 is 0 Å². The molecule has 2 rings (SSSR count). The van der Waals surface area contributed by atoms with Crippen molar-refractivity contribution in [3.05, 3.63) is 53.6 Å². The lowest BCUT2D eigenvalue weighted by Gasteiger charge is -2.09. The number of hydrogen-bond donors (Lipinski definition) is 1. The van der Waals surface area contributed by atoms with E-state index >= 15 is 0 Å². The maximum absolute atomic E-state index is 12.3. The number of nitrogen functional groups attached to an aromatic ring is 1. The van der Waals surface area contributed by atoms with Gasteiger partial charge in [0.25, 0.3) is 0 Å². The van der Waals surface area contributed by atoms with Crippen LogP contribution in [0.15, 0.2) is 47.4 Å². The smallest absolute Gasteiger partial charge is 0.119 e. The highest BCUT2D eigenvalue weighted by Crippen LogP contribution is 2.16. The Balaban J connectivity index is 1.92. The third kappa shape index (κ3) is 3.84. The average molecular weight is 289 g/mol. The Morgan fingerprint density at radius 3 is 2.50 bits per heavy atom. The van der Waals surface area contributed by atoms with Gasteiger partial charge in [0.2, 0.25) is 0 Å². The van der Waals surface area contributed by atoms with Crippen molar-refractivity contribution in [2.45, 2.75) is 18.7 Å². The van der Waals surface area contributed by atoms with Crippen molar-refractivity contribution in [2.24, 2.45) is 0 Å². The van der Waals surface area contributed by atoms with E-state index in [4.69, 9.17) is 10.5 Å². The first-order valence-electron chi connectivity index (χ1n) is 6.50. The maximum Gasteiger partial charge on any atom is 0.119 e. The summed E-state index contributed by atoms with van der Waals surface area (Å²) in [6.07, 6.45) is 0. The SMILES string of the molecule is Cc1ccc(C)c(S(=O)CCOc2ccc(N)cc2)c1. The van der Waals surface area contributed by atoms with Gasteiger partial charge in [0, 0.05) is 10.6 Å². The number of ether oxygens (including phenoxy) is 1. The summed E-state index contributed by atoms with van der Waals surface area (Å²) in [5, 5.41) is 0. The molecule has 20 heavy (non-hydrogen) atoms. The lowest BCUT2D eigenvalue weighted by molar-refractivity contribution is 0.342. The topological polar surface area (TPSA) is 52.3 Å². The summed E-state index contributed by atoms with van der Waals surface area (Å²) < 4.78 is 17.8. The molecule has 0 aliphatic heterocycles. The van der Waals surface area contributed by atoms with Gasteiger partial charge in [-0.25, -0.2) is 0 Å². The fourth-order valence-electron chi connectivity index (χ4n) is 1.86. The summed E-state index contributed by atoms with van der Waals surface area (Å²) >= 11 is 0. The number of aryl methyl sites for hydroxylation is 2. The third-order valence-electron chi connectivity index (χ3n) is 3.01. The minimum absolute atomic E-state index is 0.421. The summed E-state index contributed by atoms with van der Waals surface area (Å²) in [5.41, 5.74) is 8.49. The fraction of sp³-hybridized carbons (Fsp3) is 0.250. The predicted octanol–water partition coefficient (Wildman–Crippen LogP) is 3.07. The van der Waals surface area contributed by atoms with Crippen LogP contribution in [0.25, 0.3) is 0 Å². The predicted molar refractivity (Wildman–Crippen MR) is 83.5 cm³/mol. The molecule has 0 spiro atoms. The molecule has 0 heterocycles. The van der Waals surface area contributed by atoms with Crippen molar-refractivity contribution in [3.63, 3.8) is 0 Å². The molecule has 0 aliphatic carbocycles. The normalized spacial score (nSPS) is 12.1. The molecule has 0 fully saturated rings. The van der Waals surface area contributed by atoms with Crippen LogP contribution in [0.2, 0.25) is 0 Å². The van der Waals surface area contributed by atoms with Crippen molar-refractivity contribution >= 4 is 16.5 Å². The zero-order valence-corrected chi connectivity index (χ0v) is 12.6. The van der Waals surface area contributed by atoms with Gasteiger partial charge < -0.3 is 10.5 Å². The van der Waals surface area contributed by atoms with Gasteiger partial charge in [-0.05, 0) is 55.3 Å². The Labute approximate surface area is 122 Å². The Morgan fingerprint density at radius 1 is 1.10 bits per heavy atom. The zero-order chi connectivity index (χ0) is 14.5. The number of anilines is 1. The first kappa shape index (κ1) is 14.6. The van der Waals surface area contributed by atoms with Gasteiger partial charge in [-0.1, -0.05) is 12.1 Å². The number of nitrogens with two attached hydrogens (primary N) is 1. The lowest BCUT2D eigenvalue weighted by atomic mass is 10.2. The van der Waals surface area contributed by atoms with E-state index in [0.29, 0.717) is 18.0 Å². The molecule has 0 bridgehead atoms. The molecule has 2 aromatic rings. The van der Waals surface area contributed by atoms with Gasteiger partial charge in [0.05, 0.1) is 16.6 Å². The average Bonchev–Trinajstić information content (AvgIpc) is 2.43. The Kier molecular flexibility index (Phi) is 4.79. The van der Waals surface area contributed by atoms with E-state index in [9.17, 15) is 4.21 Å². The van der Waals surface area contributed by atoms with E-state index in [2.05, 4.69) is 0 Å². The molecule has 0 radical (unpaired) electrons. The Bertz CT molecular complexity index is 608. The van der Waals surface area contributed by atoms with Crippen molar-refractivity contribution in [3.8, 4) is 5.75 Å². The van der Waals surface area contributed by atoms with Crippen LogP contribution in [0, 0.1) is 13.8 Å². The second kappa shape index (κ2) is 6.57. The number of hydrogen-bond acceptors (Lipinski definition) is 3. The highest BCUT2D eigenvalue weighted by atomic mass is 32.2. The molecule has 1 atom stereocenters. The highest BCUT2D eigenvalue weighted by Gasteiger charge is 2.08. The van der Waals surface area contributed by atoms with Gasteiger partial charge in [-0.2, -0.15) is 0 Å². The zero-order valence-electron chi connectivity index (χ0n) is 11.8. The van der Waals surface area contributed by atoms with Crippen LogP contribution >= 0.6 is 0 Å². The monoisotopic (exact) mass is 289 g/mol. The van der Waals surface area contributed by atoms with Crippen molar-refractivity contribution in [1.29, 1.82) is 0 Å². The van der Waals surface area contributed by atoms with E-state index in [1.165, 1.54) is 0 Å². The van der Waals surface area contributed by atoms with E-state index in [-0.39, 0.29) is 0 Å². The first-order chi connectivity index (χ1) is 9.56. The summed E-state index contributed by atoms with van der Waals surface area (Å²) in [6, 6.07) is 13.2. The van der Waals surface area contributed by atoms with Gasteiger partial charge in [0.1, 0.15) is 12.4 Å². The summed E-state index contributed by atoms with van der Waals surface area (Å²) in [4.78, 5) is 0.894. The second-order valence-electron chi connectivity index (χ2n) is 4.74. The van der Waals surface area contributed by atoms with E-state index in [1.807, 2.05) is 44.2 Å². The van der Waals surface area contributed by atoms with Crippen LogP contribution in [-0.2, 0) is 10.8 Å². The highest BCUT2D eigenvalue weighted by molar-refractivity contribution is 7.85. The quantitative estimate of drug-likeness (QED) is 0.861.